The van der Waals surface area contributed by atoms with Gasteiger partial charge in [0.25, 0.3) is 5.91 Å². The predicted molar refractivity (Wildman–Crippen MR) is 160 cm³/mol. The van der Waals surface area contributed by atoms with Gasteiger partial charge in [-0.3, -0.25) is 4.79 Å². The highest BCUT2D eigenvalue weighted by Crippen LogP contribution is 2.32. The van der Waals surface area contributed by atoms with Crippen LogP contribution in [0, 0.1) is 5.82 Å². The van der Waals surface area contributed by atoms with E-state index in [4.69, 9.17) is 4.74 Å². The highest BCUT2D eigenvalue weighted by molar-refractivity contribution is 5.96. The molecule has 6 rings (SSSR count). The van der Waals surface area contributed by atoms with Gasteiger partial charge in [-0.1, -0.05) is 67.6 Å². The fourth-order valence-electron chi connectivity index (χ4n) is 5.33. The van der Waals surface area contributed by atoms with Crippen LogP contribution >= 0.6 is 0 Å². The number of benzene rings is 4. The number of aromatic nitrogens is 2. The minimum Gasteiger partial charge on any atom is -0.491 e. The fourth-order valence-corrected chi connectivity index (χ4v) is 5.33. The molecule has 1 aliphatic heterocycles. The first-order chi connectivity index (χ1) is 20.1. The van der Waals surface area contributed by atoms with Crippen LogP contribution in [0.3, 0.4) is 0 Å². The summed E-state index contributed by atoms with van der Waals surface area (Å²) in [4.78, 5) is 23.3. The monoisotopic (exact) mass is 546 g/mol. The van der Waals surface area contributed by atoms with Crippen molar-refractivity contribution in [1.29, 1.82) is 0 Å². The molecule has 4 aromatic carbocycles. The Morgan fingerprint density at radius 1 is 0.976 bits per heavy atom. The van der Waals surface area contributed by atoms with Gasteiger partial charge in [0, 0.05) is 35.8 Å². The standard InChI is InChI=1S/C34H31FN4O2/c1-3-27-28(14-15-29(36-2)32(27)35)34(40)39-17-18-41-31-16-13-25(19-26(31)21-39)22-9-11-24(12-10-22)33-37-20-30(38-33)23-7-5-4-6-8-23/h4-16,19-20,36H,3,17-18,21H2,1-2H3,(H,37,38). The van der Waals surface area contributed by atoms with Gasteiger partial charge >= 0.3 is 0 Å². The van der Waals surface area contributed by atoms with Crippen molar-refractivity contribution in [1.82, 2.24) is 14.9 Å². The summed E-state index contributed by atoms with van der Waals surface area (Å²) in [6, 6.07) is 27.8. The first-order valence-corrected chi connectivity index (χ1v) is 13.8. The van der Waals surface area contributed by atoms with E-state index in [0.717, 1.165) is 45.1 Å². The Kier molecular flexibility index (Phi) is 7.25. The third-order valence-corrected chi connectivity index (χ3v) is 7.58. The van der Waals surface area contributed by atoms with Gasteiger partial charge in [0.1, 0.15) is 24.0 Å². The Bertz CT molecular complexity index is 1700. The summed E-state index contributed by atoms with van der Waals surface area (Å²) in [5, 5.41) is 2.86. The number of nitrogens with one attached hydrogen (secondary N) is 2. The lowest BCUT2D eigenvalue weighted by Crippen LogP contribution is -2.33. The molecule has 6 nitrogen and oxygen atoms in total. The maximum absolute atomic E-state index is 15.0. The molecule has 0 unspecified atom stereocenters. The molecule has 41 heavy (non-hydrogen) atoms. The first kappa shape index (κ1) is 26.3. The van der Waals surface area contributed by atoms with E-state index in [-0.39, 0.29) is 11.7 Å². The van der Waals surface area contributed by atoms with E-state index in [1.54, 1.807) is 24.1 Å². The number of nitrogens with zero attached hydrogens (tertiary/aromatic N) is 2. The topological polar surface area (TPSA) is 70.2 Å². The second-order valence-corrected chi connectivity index (χ2v) is 10.0. The maximum Gasteiger partial charge on any atom is 0.254 e. The predicted octanol–water partition coefficient (Wildman–Crippen LogP) is 7.19. The Hall–Kier alpha value is -4.91. The third-order valence-electron chi connectivity index (χ3n) is 7.58. The molecule has 0 saturated heterocycles. The van der Waals surface area contributed by atoms with Gasteiger partial charge in [-0.2, -0.15) is 0 Å². The van der Waals surface area contributed by atoms with Crippen molar-refractivity contribution in [2.24, 2.45) is 0 Å². The summed E-state index contributed by atoms with van der Waals surface area (Å²) < 4.78 is 21.0. The molecule has 2 N–H and O–H groups in total. The number of ether oxygens (including phenoxy) is 1. The average molecular weight is 547 g/mol. The number of imidazole rings is 1. The summed E-state index contributed by atoms with van der Waals surface area (Å²) in [5.41, 5.74) is 7.26. The second kappa shape index (κ2) is 11.3. The van der Waals surface area contributed by atoms with Crippen molar-refractivity contribution in [2.45, 2.75) is 19.9 Å². The molecule has 1 aliphatic rings. The summed E-state index contributed by atoms with van der Waals surface area (Å²) in [6.45, 7) is 3.04. The van der Waals surface area contributed by atoms with Crippen molar-refractivity contribution in [3.8, 4) is 39.5 Å². The smallest absolute Gasteiger partial charge is 0.254 e. The number of carbonyl (C=O) groups excluding carboxylic acids is 1. The summed E-state index contributed by atoms with van der Waals surface area (Å²) in [7, 11) is 1.67. The van der Waals surface area contributed by atoms with Crippen molar-refractivity contribution >= 4 is 11.6 Å². The van der Waals surface area contributed by atoms with Crippen LogP contribution in [0.5, 0.6) is 5.75 Å². The van der Waals surface area contributed by atoms with Crippen molar-refractivity contribution in [3.63, 3.8) is 0 Å². The number of halogens is 1. The van der Waals surface area contributed by atoms with Gasteiger partial charge < -0.3 is 19.9 Å². The minimum atomic E-state index is -0.371. The molecular weight excluding hydrogens is 515 g/mol. The third kappa shape index (κ3) is 5.18. The number of hydrogen-bond donors (Lipinski definition) is 2. The van der Waals surface area contributed by atoms with Crippen LogP contribution in [0.2, 0.25) is 0 Å². The molecular formula is C34H31FN4O2. The fraction of sp³-hybridized carbons (Fsp3) is 0.176. The molecule has 1 aromatic heterocycles. The van der Waals surface area contributed by atoms with Gasteiger partial charge in [-0.05, 0) is 47.4 Å². The van der Waals surface area contributed by atoms with E-state index in [1.165, 1.54) is 0 Å². The van der Waals surface area contributed by atoms with Gasteiger partial charge in [-0.15, -0.1) is 0 Å². The van der Waals surface area contributed by atoms with E-state index >= 15 is 0 Å². The van der Waals surface area contributed by atoms with Crippen LogP contribution in [0.25, 0.3) is 33.8 Å². The van der Waals surface area contributed by atoms with E-state index in [2.05, 4.69) is 57.7 Å². The van der Waals surface area contributed by atoms with Gasteiger partial charge in [-0.25, -0.2) is 9.37 Å². The maximum atomic E-state index is 15.0. The Labute approximate surface area is 238 Å². The van der Waals surface area contributed by atoms with Crippen LogP contribution in [0.1, 0.15) is 28.4 Å². The van der Waals surface area contributed by atoms with Crippen LogP contribution in [0.4, 0.5) is 10.1 Å². The zero-order valence-electron chi connectivity index (χ0n) is 23.1. The molecule has 0 aliphatic carbocycles. The van der Waals surface area contributed by atoms with E-state index < -0.39 is 0 Å². The first-order valence-electron chi connectivity index (χ1n) is 13.8. The second-order valence-electron chi connectivity index (χ2n) is 10.0. The summed E-state index contributed by atoms with van der Waals surface area (Å²) >= 11 is 0. The normalized spacial score (nSPS) is 12.8. The number of aromatic amines is 1. The molecule has 5 aromatic rings. The Morgan fingerprint density at radius 3 is 2.49 bits per heavy atom. The minimum absolute atomic E-state index is 0.192. The molecule has 7 heteroatoms. The largest absolute Gasteiger partial charge is 0.491 e. The quantitative estimate of drug-likeness (QED) is 0.237. The molecule has 0 fully saturated rings. The van der Waals surface area contributed by atoms with Gasteiger partial charge in [0.15, 0.2) is 0 Å². The number of H-pyrrole nitrogens is 1. The van der Waals surface area contributed by atoms with Crippen molar-refractivity contribution in [3.05, 3.63) is 114 Å². The van der Waals surface area contributed by atoms with Gasteiger partial charge in [0.05, 0.1) is 24.1 Å². The molecule has 0 radical (unpaired) electrons. The lowest BCUT2D eigenvalue weighted by molar-refractivity contribution is 0.0731. The number of rotatable bonds is 6. The number of fused-ring (bicyclic) bond motifs is 1. The number of carbonyl (C=O) groups is 1. The number of anilines is 1. The number of hydrogen-bond acceptors (Lipinski definition) is 4. The lowest BCUT2D eigenvalue weighted by atomic mass is 10.00. The van der Waals surface area contributed by atoms with Crippen LogP contribution in [-0.4, -0.2) is 41.0 Å². The zero-order valence-corrected chi connectivity index (χ0v) is 23.1. The highest BCUT2D eigenvalue weighted by atomic mass is 19.1. The lowest BCUT2D eigenvalue weighted by Gasteiger charge is -2.22. The van der Waals surface area contributed by atoms with Crippen molar-refractivity contribution < 1.29 is 13.9 Å². The SMILES string of the molecule is CCc1c(C(=O)N2CCOc3ccc(-c4ccc(-c5ncc(-c6ccccc6)[nH]5)cc4)cc3C2)ccc(NC)c1F. The van der Waals surface area contributed by atoms with Crippen LogP contribution in [0.15, 0.2) is 91.1 Å². The molecule has 0 saturated carbocycles. The molecule has 206 valence electrons. The van der Waals surface area contributed by atoms with Crippen LogP contribution < -0.4 is 10.1 Å². The average Bonchev–Trinajstić information content (AvgIpc) is 3.42. The van der Waals surface area contributed by atoms with Crippen LogP contribution in [-0.2, 0) is 13.0 Å². The Morgan fingerprint density at radius 2 is 1.73 bits per heavy atom. The van der Waals surface area contributed by atoms with E-state index in [1.807, 2.05) is 43.5 Å². The van der Waals surface area contributed by atoms with Crippen molar-refractivity contribution in [2.75, 3.05) is 25.5 Å². The van der Waals surface area contributed by atoms with E-state index in [0.29, 0.717) is 42.9 Å². The Balaban J connectivity index is 1.24. The highest BCUT2D eigenvalue weighted by Gasteiger charge is 2.25. The molecule has 0 atom stereocenters. The molecule has 1 amide bonds. The van der Waals surface area contributed by atoms with Gasteiger partial charge in [0.2, 0.25) is 0 Å². The zero-order chi connectivity index (χ0) is 28.3. The molecule has 0 spiro atoms. The van der Waals surface area contributed by atoms with E-state index in [9.17, 15) is 9.18 Å². The number of amides is 1. The molecule has 2 heterocycles. The summed E-state index contributed by atoms with van der Waals surface area (Å²) in [5.74, 6) is 1.01. The molecule has 0 bridgehead atoms. The summed E-state index contributed by atoms with van der Waals surface area (Å²) in [6.07, 6.45) is 2.28.